The highest BCUT2D eigenvalue weighted by atomic mass is 16.2. The van der Waals surface area contributed by atoms with E-state index in [9.17, 15) is 4.79 Å². The molecule has 1 unspecified atom stereocenters. The molecule has 0 heterocycles. The largest absolute Gasteiger partial charge is 0.339 e. The molecule has 0 aromatic rings. The summed E-state index contributed by atoms with van der Waals surface area (Å²) in [4.78, 5) is 14.0. The molecule has 1 saturated carbocycles. The predicted octanol–water partition coefficient (Wildman–Crippen LogP) is 1.94. The first-order chi connectivity index (χ1) is 8.31. The Bertz CT molecular complexity index is 284. The van der Waals surface area contributed by atoms with Gasteiger partial charge in [-0.15, -0.1) is 0 Å². The second-order valence-electron chi connectivity index (χ2n) is 5.19. The van der Waals surface area contributed by atoms with E-state index in [2.05, 4.69) is 24.4 Å². The number of hydrogen-bond donors (Lipinski definition) is 1. The molecular weight excluding hydrogens is 212 g/mol. The average Bonchev–Trinajstić information content (AvgIpc) is 3.16. The van der Waals surface area contributed by atoms with Gasteiger partial charge >= 0.3 is 0 Å². The van der Waals surface area contributed by atoms with Crippen LogP contribution in [-0.4, -0.2) is 36.5 Å². The summed E-state index contributed by atoms with van der Waals surface area (Å²) >= 11 is 0. The van der Waals surface area contributed by atoms with E-state index in [1.165, 1.54) is 32.1 Å². The van der Waals surface area contributed by atoms with Gasteiger partial charge in [-0.25, -0.2) is 0 Å². The second-order valence-corrected chi connectivity index (χ2v) is 5.19. The van der Waals surface area contributed by atoms with Crippen molar-refractivity contribution >= 4 is 5.91 Å². The summed E-state index contributed by atoms with van der Waals surface area (Å²) in [7, 11) is 0. The number of nitrogens with one attached hydrogen (secondary N) is 1. The smallest absolute Gasteiger partial charge is 0.236 e. The number of hydrogen-bond acceptors (Lipinski definition) is 2. The average molecular weight is 236 g/mol. The van der Waals surface area contributed by atoms with Crippen molar-refractivity contribution in [3.8, 4) is 0 Å². The maximum atomic E-state index is 11.9. The van der Waals surface area contributed by atoms with Gasteiger partial charge in [-0.3, -0.25) is 4.79 Å². The molecule has 0 aromatic heterocycles. The minimum absolute atomic E-state index is 0.279. The zero-order valence-corrected chi connectivity index (χ0v) is 10.8. The first kappa shape index (κ1) is 12.6. The summed E-state index contributed by atoms with van der Waals surface area (Å²) in [6.07, 6.45) is 10.6. The van der Waals surface area contributed by atoms with Crippen molar-refractivity contribution in [2.45, 2.75) is 45.1 Å². The Kier molecular flexibility index (Phi) is 4.60. The highest BCUT2D eigenvalue weighted by Crippen LogP contribution is 2.26. The zero-order valence-electron chi connectivity index (χ0n) is 10.8. The van der Waals surface area contributed by atoms with Gasteiger partial charge in [-0.1, -0.05) is 12.2 Å². The van der Waals surface area contributed by atoms with Crippen LogP contribution in [0, 0.1) is 5.92 Å². The topological polar surface area (TPSA) is 32.3 Å². The third-order valence-corrected chi connectivity index (χ3v) is 3.74. The molecular formula is C14H24N2O. The molecule has 2 aliphatic rings. The van der Waals surface area contributed by atoms with E-state index in [1.807, 2.05) is 4.90 Å². The number of amides is 1. The number of nitrogens with zero attached hydrogens (tertiary/aromatic N) is 1. The molecule has 0 spiro atoms. The molecule has 17 heavy (non-hydrogen) atoms. The van der Waals surface area contributed by atoms with Crippen LogP contribution in [0.4, 0.5) is 0 Å². The Balaban J connectivity index is 1.63. The predicted molar refractivity (Wildman–Crippen MR) is 69.8 cm³/mol. The van der Waals surface area contributed by atoms with Crippen LogP contribution < -0.4 is 5.32 Å². The Morgan fingerprint density at radius 1 is 1.35 bits per heavy atom. The van der Waals surface area contributed by atoms with Crippen molar-refractivity contribution in [2.75, 3.05) is 19.6 Å². The van der Waals surface area contributed by atoms with E-state index >= 15 is 0 Å². The third kappa shape index (κ3) is 3.84. The molecule has 3 nitrogen and oxygen atoms in total. The van der Waals surface area contributed by atoms with Gasteiger partial charge < -0.3 is 10.2 Å². The Hall–Kier alpha value is -0.830. The summed E-state index contributed by atoms with van der Waals surface area (Å²) in [5, 5.41) is 3.33. The van der Waals surface area contributed by atoms with E-state index in [-0.39, 0.29) is 5.91 Å². The standard InChI is InChI=1S/C14H24N2O/c1-2-16(13-8-9-13)14(17)11-15-10-12-6-4-3-5-7-12/h3-4,12-13,15H,2,5-11H2,1H3. The van der Waals surface area contributed by atoms with Crippen LogP contribution in [0.1, 0.15) is 39.0 Å². The van der Waals surface area contributed by atoms with Gasteiger partial charge in [0.15, 0.2) is 0 Å². The summed E-state index contributed by atoms with van der Waals surface area (Å²) in [5.41, 5.74) is 0. The van der Waals surface area contributed by atoms with Gasteiger partial charge in [0.25, 0.3) is 0 Å². The molecule has 2 rings (SSSR count). The van der Waals surface area contributed by atoms with E-state index in [1.54, 1.807) is 0 Å². The summed E-state index contributed by atoms with van der Waals surface area (Å²) in [5.74, 6) is 1.00. The molecule has 0 aliphatic heterocycles. The van der Waals surface area contributed by atoms with E-state index in [0.29, 0.717) is 12.6 Å². The van der Waals surface area contributed by atoms with Crippen molar-refractivity contribution in [2.24, 2.45) is 5.92 Å². The first-order valence-corrected chi connectivity index (χ1v) is 6.96. The zero-order chi connectivity index (χ0) is 12.1. The van der Waals surface area contributed by atoms with Gasteiger partial charge in [0.2, 0.25) is 5.91 Å². The Labute approximate surface area is 104 Å². The maximum Gasteiger partial charge on any atom is 0.236 e. The lowest BCUT2D eigenvalue weighted by Crippen LogP contribution is -2.40. The molecule has 0 saturated heterocycles. The van der Waals surface area contributed by atoms with Crippen LogP contribution in [0.25, 0.3) is 0 Å². The second kappa shape index (κ2) is 6.20. The van der Waals surface area contributed by atoms with E-state index in [0.717, 1.165) is 19.0 Å². The highest BCUT2D eigenvalue weighted by molar-refractivity contribution is 5.78. The SMILES string of the molecule is CCN(C(=O)CNCC1CC=CCC1)C1CC1. The molecule has 0 aromatic carbocycles. The van der Waals surface area contributed by atoms with Crippen LogP contribution in [0.5, 0.6) is 0 Å². The van der Waals surface area contributed by atoms with Crippen molar-refractivity contribution in [3.05, 3.63) is 12.2 Å². The van der Waals surface area contributed by atoms with Crippen LogP contribution in [-0.2, 0) is 4.79 Å². The monoisotopic (exact) mass is 236 g/mol. The van der Waals surface area contributed by atoms with Crippen LogP contribution in [0.3, 0.4) is 0 Å². The molecule has 0 bridgehead atoms. The molecule has 3 heteroatoms. The van der Waals surface area contributed by atoms with Gasteiger partial charge in [0.05, 0.1) is 6.54 Å². The Morgan fingerprint density at radius 2 is 2.18 bits per heavy atom. The van der Waals surface area contributed by atoms with E-state index < -0.39 is 0 Å². The van der Waals surface area contributed by atoms with Crippen LogP contribution >= 0.6 is 0 Å². The number of allylic oxidation sites excluding steroid dienone is 2. The van der Waals surface area contributed by atoms with Crippen molar-refractivity contribution in [3.63, 3.8) is 0 Å². The van der Waals surface area contributed by atoms with Gasteiger partial charge in [0.1, 0.15) is 0 Å². The van der Waals surface area contributed by atoms with Gasteiger partial charge in [-0.2, -0.15) is 0 Å². The lowest BCUT2D eigenvalue weighted by atomic mass is 9.94. The number of rotatable bonds is 6. The van der Waals surface area contributed by atoms with Crippen molar-refractivity contribution in [1.82, 2.24) is 10.2 Å². The fraction of sp³-hybridized carbons (Fsp3) is 0.786. The molecule has 1 atom stereocenters. The molecule has 1 amide bonds. The van der Waals surface area contributed by atoms with Gasteiger partial charge in [0, 0.05) is 12.6 Å². The Morgan fingerprint density at radius 3 is 2.76 bits per heavy atom. The van der Waals surface area contributed by atoms with Crippen LogP contribution in [0.15, 0.2) is 12.2 Å². The van der Waals surface area contributed by atoms with Crippen molar-refractivity contribution in [1.29, 1.82) is 0 Å². The summed E-state index contributed by atoms with van der Waals surface area (Å²) in [6.45, 7) is 4.43. The highest BCUT2D eigenvalue weighted by Gasteiger charge is 2.30. The molecule has 1 fully saturated rings. The lowest BCUT2D eigenvalue weighted by Gasteiger charge is -2.22. The quantitative estimate of drug-likeness (QED) is 0.715. The summed E-state index contributed by atoms with van der Waals surface area (Å²) in [6, 6.07) is 0.548. The fourth-order valence-corrected chi connectivity index (χ4v) is 2.55. The number of carbonyl (C=O) groups excluding carboxylic acids is 1. The molecule has 1 N–H and O–H groups in total. The molecule has 96 valence electrons. The molecule has 0 radical (unpaired) electrons. The first-order valence-electron chi connectivity index (χ1n) is 6.96. The fourth-order valence-electron chi connectivity index (χ4n) is 2.55. The third-order valence-electron chi connectivity index (χ3n) is 3.74. The summed E-state index contributed by atoms with van der Waals surface area (Å²) < 4.78 is 0. The minimum atomic E-state index is 0.279. The van der Waals surface area contributed by atoms with E-state index in [4.69, 9.17) is 0 Å². The van der Waals surface area contributed by atoms with Crippen molar-refractivity contribution < 1.29 is 4.79 Å². The van der Waals surface area contributed by atoms with Gasteiger partial charge in [-0.05, 0) is 51.5 Å². The molecule has 2 aliphatic carbocycles. The lowest BCUT2D eigenvalue weighted by molar-refractivity contribution is -0.130. The number of carbonyl (C=O) groups is 1. The normalized spacial score (nSPS) is 23.7. The maximum absolute atomic E-state index is 11.9. The van der Waals surface area contributed by atoms with Crippen LogP contribution in [0.2, 0.25) is 0 Å². The number of likely N-dealkylation sites (N-methyl/N-ethyl adjacent to an activating group) is 1. The minimum Gasteiger partial charge on any atom is -0.339 e.